The van der Waals surface area contributed by atoms with E-state index < -0.39 is 5.91 Å². The van der Waals surface area contributed by atoms with Crippen molar-refractivity contribution in [3.05, 3.63) is 63.3 Å². The van der Waals surface area contributed by atoms with E-state index in [2.05, 4.69) is 33.9 Å². The highest BCUT2D eigenvalue weighted by Crippen LogP contribution is 2.21. The van der Waals surface area contributed by atoms with Gasteiger partial charge in [0.25, 0.3) is 5.91 Å². The number of primary amides is 1. The summed E-state index contributed by atoms with van der Waals surface area (Å²) in [6.07, 6.45) is 1.81. The van der Waals surface area contributed by atoms with Gasteiger partial charge >= 0.3 is 0 Å². The average molecular weight is 409 g/mol. The van der Waals surface area contributed by atoms with Gasteiger partial charge in [-0.25, -0.2) is 0 Å². The zero-order valence-electron chi connectivity index (χ0n) is 13.0. The van der Waals surface area contributed by atoms with Crippen LogP contribution in [-0.2, 0) is 11.3 Å². The van der Waals surface area contributed by atoms with E-state index in [1.807, 2.05) is 12.1 Å². The fourth-order valence-corrected chi connectivity index (χ4v) is 3.81. The van der Waals surface area contributed by atoms with Crippen molar-refractivity contribution in [2.45, 2.75) is 6.54 Å². The molecule has 0 fully saturated rings. The summed E-state index contributed by atoms with van der Waals surface area (Å²) in [7, 11) is 0. The number of rotatable bonds is 8. The van der Waals surface area contributed by atoms with E-state index in [1.165, 1.54) is 4.88 Å². The minimum absolute atomic E-state index is 0.0886. The van der Waals surface area contributed by atoms with Gasteiger partial charge in [0.15, 0.2) is 6.54 Å². The van der Waals surface area contributed by atoms with Crippen molar-refractivity contribution in [1.82, 2.24) is 0 Å². The molecule has 0 spiro atoms. The summed E-state index contributed by atoms with van der Waals surface area (Å²) in [5, 5.41) is 2.84. The molecule has 0 radical (unpaired) electrons. The predicted octanol–water partition coefficient (Wildman–Crippen LogP) is 1.82. The first-order chi connectivity index (χ1) is 11.5. The number of nitrogens with two attached hydrogens (primary N) is 1. The molecule has 0 saturated heterocycles. The summed E-state index contributed by atoms with van der Waals surface area (Å²) in [6.45, 7) is 5.55. The van der Waals surface area contributed by atoms with Crippen molar-refractivity contribution in [3.63, 3.8) is 0 Å². The van der Waals surface area contributed by atoms with E-state index >= 15 is 0 Å². The maximum Gasteiger partial charge on any atom is 0.279 e. The summed E-state index contributed by atoms with van der Waals surface area (Å²) in [5.41, 5.74) is 6.25. The summed E-state index contributed by atoms with van der Waals surface area (Å²) < 4.78 is 1.08. The molecular formula is C17H19BrN3O2S+. The Balaban J connectivity index is 1.94. The number of carbonyl (C=O) groups is 2. The standard InChI is InChI=1S/C17H18BrN3O2S/c1-2-9-21(10-14-7-8-15(18)24-14)11-16(22)20-13-5-3-12(4-6-13)17(19)23/h2-8H,1,9-11H2,(H2,19,23)(H,20,22)/p+1. The highest BCUT2D eigenvalue weighted by molar-refractivity contribution is 9.11. The van der Waals surface area contributed by atoms with Gasteiger partial charge in [0.05, 0.1) is 15.2 Å². The normalized spacial score (nSPS) is 11.7. The quantitative estimate of drug-likeness (QED) is 0.582. The first kappa shape index (κ1) is 18.4. The van der Waals surface area contributed by atoms with Crippen LogP contribution in [0.1, 0.15) is 15.2 Å². The molecule has 0 aliphatic rings. The van der Waals surface area contributed by atoms with Gasteiger partial charge in [-0.15, -0.1) is 11.3 Å². The fourth-order valence-electron chi connectivity index (χ4n) is 2.25. The molecule has 24 heavy (non-hydrogen) atoms. The number of benzene rings is 1. The van der Waals surface area contributed by atoms with Crippen LogP contribution >= 0.6 is 27.3 Å². The third-order valence-electron chi connectivity index (χ3n) is 3.35. The van der Waals surface area contributed by atoms with E-state index in [0.29, 0.717) is 24.3 Å². The molecule has 0 aliphatic heterocycles. The van der Waals surface area contributed by atoms with Crippen LogP contribution < -0.4 is 16.0 Å². The largest absolute Gasteiger partial charge is 0.366 e. The van der Waals surface area contributed by atoms with Gasteiger partial charge < -0.3 is 16.0 Å². The van der Waals surface area contributed by atoms with Crippen LogP contribution in [0, 0.1) is 0 Å². The zero-order chi connectivity index (χ0) is 17.5. The highest BCUT2D eigenvalue weighted by Gasteiger charge is 2.15. The van der Waals surface area contributed by atoms with E-state index in [9.17, 15) is 9.59 Å². The van der Waals surface area contributed by atoms with Gasteiger partial charge in [0, 0.05) is 11.3 Å². The second-order valence-electron chi connectivity index (χ2n) is 5.29. The number of hydrogen-bond donors (Lipinski definition) is 3. The smallest absolute Gasteiger partial charge is 0.279 e. The number of halogens is 1. The van der Waals surface area contributed by atoms with Crippen LogP contribution in [0.2, 0.25) is 0 Å². The minimum Gasteiger partial charge on any atom is -0.366 e. The van der Waals surface area contributed by atoms with Crippen LogP contribution in [0.25, 0.3) is 0 Å². The third-order valence-corrected chi connectivity index (χ3v) is 4.97. The molecule has 1 atom stereocenters. The maximum absolute atomic E-state index is 12.2. The van der Waals surface area contributed by atoms with Crippen molar-refractivity contribution in [2.75, 3.05) is 18.4 Å². The lowest BCUT2D eigenvalue weighted by Gasteiger charge is -2.16. The number of hydrogen-bond acceptors (Lipinski definition) is 3. The number of amides is 2. The predicted molar refractivity (Wildman–Crippen MR) is 100 cm³/mol. The van der Waals surface area contributed by atoms with E-state index in [-0.39, 0.29) is 5.91 Å². The third kappa shape index (κ3) is 5.59. The highest BCUT2D eigenvalue weighted by atomic mass is 79.9. The van der Waals surface area contributed by atoms with Gasteiger partial charge in [-0.1, -0.05) is 6.58 Å². The fraction of sp³-hybridized carbons (Fsp3) is 0.176. The topological polar surface area (TPSA) is 76.6 Å². The summed E-state index contributed by atoms with van der Waals surface area (Å²) in [5.74, 6) is -0.578. The molecule has 4 N–H and O–H groups in total. The molecule has 1 aromatic heterocycles. The van der Waals surface area contributed by atoms with Crippen LogP contribution in [0.5, 0.6) is 0 Å². The summed E-state index contributed by atoms with van der Waals surface area (Å²) >= 11 is 5.11. The summed E-state index contributed by atoms with van der Waals surface area (Å²) in [6, 6.07) is 10.6. The molecule has 1 unspecified atom stereocenters. The molecule has 0 bridgehead atoms. The average Bonchev–Trinajstić information content (AvgIpc) is 2.93. The van der Waals surface area contributed by atoms with Gasteiger partial charge in [0.1, 0.15) is 6.54 Å². The monoisotopic (exact) mass is 408 g/mol. The number of nitrogens with one attached hydrogen (secondary N) is 2. The Morgan fingerprint density at radius 2 is 1.96 bits per heavy atom. The number of anilines is 1. The van der Waals surface area contributed by atoms with Gasteiger partial charge in [-0.2, -0.15) is 0 Å². The molecule has 1 heterocycles. The van der Waals surface area contributed by atoms with Gasteiger partial charge in [0.2, 0.25) is 5.91 Å². The maximum atomic E-state index is 12.2. The zero-order valence-corrected chi connectivity index (χ0v) is 15.5. The van der Waals surface area contributed by atoms with E-state index in [4.69, 9.17) is 5.73 Å². The molecule has 1 aromatic carbocycles. The van der Waals surface area contributed by atoms with Crippen LogP contribution in [0.15, 0.2) is 52.8 Å². The van der Waals surface area contributed by atoms with E-state index in [0.717, 1.165) is 15.2 Å². The second-order valence-corrected chi connectivity index (χ2v) is 7.84. The molecule has 7 heteroatoms. The number of quaternary nitrogens is 1. The minimum atomic E-state index is -0.489. The second kappa shape index (κ2) is 8.77. The molecule has 2 rings (SSSR count). The Labute approximate surface area is 153 Å². The molecular weight excluding hydrogens is 390 g/mol. The van der Waals surface area contributed by atoms with Crippen molar-refractivity contribution in [3.8, 4) is 0 Å². The lowest BCUT2D eigenvalue weighted by molar-refractivity contribution is -0.899. The Bertz CT molecular complexity index is 728. The van der Waals surface area contributed by atoms with E-state index in [1.54, 1.807) is 35.6 Å². The summed E-state index contributed by atoms with van der Waals surface area (Å²) in [4.78, 5) is 25.6. The van der Waals surface area contributed by atoms with Crippen molar-refractivity contribution < 1.29 is 14.5 Å². The molecule has 126 valence electrons. The van der Waals surface area contributed by atoms with Crippen LogP contribution in [-0.4, -0.2) is 24.9 Å². The molecule has 0 saturated carbocycles. The molecule has 5 nitrogen and oxygen atoms in total. The van der Waals surface area contributed by atoms with Crippen molar-refractivity contribution in [1.29, 1.82) is 0 Å². The first-order valence-corrected chi connectivity index (χ1v) is 8.97. The van der Waals surface area contributed by atoms with Crippen molar-refractivity contribution >= 4 is 44.8 Å². The number of carbonyl (C=O) groups excluding carboxylic acids is 2. The SMILES string of the molecule is C=CC[NH+](CC(=O)Nc1ccc(C(N)=O)cc1)Cc1ccc(Br)s1. The van der Waals surface area contributed by atoms with Crippen LogP contribution in [0.4, 0.5) is 5.69 Å². The molecule has 2 amide bonds. The lowest BCUT2D eigenvalue weighted by Crippen LogP contribution is -3.11. The number of thiophene rings is 1. The van der Waals surface area contributed by atoms with Gasteiger partial charge in [-0.05, 0) is 58.4 Å². The molecule has 2 aromatic rings. The lowest BCUT2D eigenvalue weighted by atomic mass is 10.2. The first-order valence-electron chi connectivity index (χ1n) is 7.36. The van der Waals surface area contributed by atoms with Gasteiger partial charge in [-0.3, -0.25) is 9.59 Å². The van der Waals surface area contributed by atoms with Crippen LogP contribution in [0.3, 0.4) is 0 Å². The Morgan fingerprint density at radius 1 is 1.25 bits per heavy atom. The Morgan fingerprint density at radius 3 is 2.50 bits per heavy atom. The Hall–Kier alpha value is -1.96. The van der Waals surface area contributed by atoms with Crippen molar-refractivity contribution in [2.24, 2.45) is 5.73 Å². The molecule has 0 aliphatic carbocycles. The Kier molecular flexibility index (Phi) is 6.72.